The molecule has 0 saturated carbocycles. The number of anilines is 1. The standard InChI is InChI=1S/C19H24F3N3OS/c1-12(25-9-5-6-13(11-25)19(20,21)22)17(26)24-18-15(10-23)14-7-3-2-4-8-16(14)27-18/h12-13H,2-9,11H2,1H3,(H,24,26)/t12-,13+/m1/s1. The van der Waals surface area contributed by atoms with Crippen LogP contribution >= 0.6 is 11.3 Å². The molecule has 2 heterocycles. The van der Waals surface area contributed by atoms with E-state index in [1.54, 1.807) is 11.8 Å². The number of nitriles is 1. The van der Waals surface area contributed by atoms with Crippen molar-refractivity contribution in [2.75, 3.05) is 18.4 Å². The zero-order valence-corrected chi connectivity index (χ0v) is 16.2. The zero-order valence-electron chi connectivity index (χ0n) is 15.4. The van der Waals surface area contributed by atoms with Crippen LogP contribution in [0.15, 0.2) is 0 Å². The lowest BCUT2D eigenvalue weighted by atomic mass is 9.96. The maximum absolute atomic E-state index is 13.0. The number of nitrogens with zero attached hydrogens (tertiary/aromatic N) is 2. The van der Waals surface area contributed by atoms with E-state index in [2.05, 4.69) is 11.4 Å². The van der Waals surface area contributed by atoms with E-state index in [4.69, 9.17) is 0 Å². The Morgan fingerprint density at radius 3 is 2.74 bits per heavy atom. The van der Waals surface area contributed by atoms with Crippen LogP contribution in [0.3, 0.4) is 0 Å². The van der Waals surface area contributed by atoms with Crippen molar-refractivity contribution in [2.24, 2.45) is 5.92 Å². The topological polar surface area (TPSA) is 56.1 Å². The molecule has 0 aromatic carbocycles. The van der Waals surface area contributed by atoms with Crippen LogP contribution in [-0.2, 0) is 17.6 Å². The number of piperidine rings is 1. The third kappa shape index (κ3) is 4.46. The number of nitrogens with one attached hydrogen (secondary N) is 1. The maximum atomic E-state index is 13.0. The molecule has 8 heteroatoms. The first-order valence-electron chi connectivity index (χ1n) is 9.47. The molecule has 1 saturated heterocycles. The molecule has 0 radical (unpaired) electrons. The summed E-state index contributed by atoms with van der Waals surface area (Å²) in [5.74, 6) is -1.72. The number of hydrogen-bond donors (Lipinski definition) is 1. The number of carbonyl (C=O) groups is 1. The summed E-state index contributed by atoms with van der Waals surface area (Å²) in [6.45, 7) is 1.97. The molecule has 1 aliphatic heterocycles. The van der Waals surface area contributed by atoms with Crippen molar-refractivity contribution >= 4 is 22.2 Å². The summed E-state index contributed by atoms with van der Waals surface area (Å²) in [5.41, 5.74) is 1.57. The van der Waals surface area contributed by atoms with Gasteiger partial charge < -0.3 is 5.32 Å². The van der Waals surface area contributed by atoms with Gasteiger partial charge in [0.1, 0.15) is 11.1 Å². The normalized spacial score (nSPS) is 22.4. The van der Waals surface area contributed by atoms with E-state index in [-0.39, 0.29) is 18.9 Å². The highest BCUT2D eigenvalue weighted by atomic mass is 32.1. The number of hydrogen-bond acceptors (Lipinski definition) is 4. The summed E-state index contributed by atoms with van der Waals surface area (Å²) in [4.78, 5) is 15.4. The molecule has 0 unspecified atom stereocenters. The van der Waals surface area contributed by atoms with Crippen LogP contribution < -0.4 is 5.32 Å². The maximum Gasteiger partial charge on any atom is 0.393 e. The van der Waals surface area contributed by atoms with Crippen molar-refractivity contribution in [1.82, 2.24) is 4.90 Å². The average Bonchev–Trinajstić information content (AvgIpc) is 2.79. The molecule has 0 bridgehead atoms. The Hall–Kier alpha value is -1.59. The van der Waals surface area contributed by atoms with E-state index in [9.17, 15) is 23.2 Å². The number of fused-ring (bicyclic) bond motifs is 1. The molecule has 148 valence electrons. The molecule has 27 heavy (non-hydrogen) atoms. The van der Waals surface area contributed by atoms with Crippen LogP contribution in [0.5, 0.6) is 0 Å². The first-order chi connectivity index (χ1) is 12.8. The van der Waals surface area contributed by atoms with Gasteiger partial charge in [0.05, 0.1) is 17.5 Å². The largest absolute Gasteiger partial charge is 0.393 e. The first-order valence-corrected chi connectivity index (χ1v) is 10.3. The first kappa shape index (κ1) is 20.2. The predicted octanol–water partition coefficient (Wildman–Crippen LogP) is 4.49. The van der Waals surface area contributed by atoms with Gasteiger partial charge in [-0.3, -0.25) is 9.69 Å². The zero-order chi connectivity index (χ0) is 19.6. The second-order valence-corrected chi connectivity index (χ2v) is 8.53. The molecule has 1 amide bonds. The van der Waals surface area contributed by atoms with Crippen LogP contribution in [0.1, 0.15) is 55.0 Å². The predicted molar refractivity (Wildman–Crippen MR) is 98.7 cm³/mol. The molecule has 1 aromatic rings. The Labute approximate surface area is 161 Å². The minimum absolute atomic E-state index is 0.116. The number of carbonyl (C=O) groups excluding carboxylic acids is 1. The lowest BCUT2D eigenvalue weighted by molar-refractivity contribution is -0.188. The number of likely N-dealkylation sites (tertiary alicyclic amines) is 1. The molecule has 1 N–H and O–H groups in total. The van der Waals surface area contributed by atoms with Crippen molar-refractivity contribution in [2.45, 2.75) is 64.1 Å². The molecular formula is C19H24F3N3OS. The van der Waals surface area contributed by atoms with E-state index >= 15 is 0 Å². The van der Waals surface area contributed by atoms with E-state index < -0.39 is 18.1 Å². The van der Waals surface area contributed by atoms with Gasteiger partial charge in [0.15, 0.2) is 0 Å². The van der Waals surface area contributed by atoms with Gasteiger partial charge in [-0.1, -0.05) is 6.42 Å². The number of aryl methyl sites for hydroxylation is 1. The highest BCUT2D eigenvalue weighted by Gasteiger charge is 2.43. The van der Waals surface area contributed by atoms with E-state index in [1.807, 2.05) is 0 Å². The van der Waals surface area contributed by atoms with Gasteiger partial charge in [0.2, 0.25) is 5.91 Å². The third-order valence-corrected chi connectivity index (χ3v) is 6.82. The fraction of sp³-hybridized carbons (Fsp3) is 0.684. The highest BCUT2D eigenvalue weighted by Crippen LogP contribution is 2.37. The second kappa shape index (κ2) is 8.19. The minimum Gasteiger partial charge on any atom is -0.315 e. The molecule has 2 atom stereocenters. The van der Waals surface area contributed by atoms with Crippen molar-refractivity contribution in [1.29, 1.82) is 5.26 Å². The average molecular weight is 399 g/mol. The smallest absolute Gasteiger partial charge is 0.315 e. The number of rotatable bonds is 3. The van der Waals surface area contributed by atoms with Crippen LogP contribution in [0.25, 0.3) is 0 Å². The molecule has 0 spiro atoms. The fourth-order valence-electron chi connectivity index (χ4n) is 3.96. The van der Waals surface area contributed by atoms with Gasteiger partial charge in [-0.25, -0.2) is 0 Å². The van der Waals surface area contributed by atoms with Gasteiger partial charge in [0, 0.05) is 11.4 Å². The lowest BCUT2D eigenvalue weighted by Crippen LogP contribution is -2.49. The molecule has 1 aromatic heterocycles. The SMILES string of the molecule is C[C@H](C(=O)Nc1sc2c(c1C#N)CCCCC2)N1CCC[C@H](C(F)(F)F)C1. The molecule has 3 rings (SSSR count). The van der Waals surface area contributed by atoms with Crippen LogP contribution in [0, 0.1) is 17.2 Å². The van der Waals surface area contributed by atoms with Crippen molar-refractivity contribution in [3.8, 4) is 6.07 Å². The quantitative estimate of drug-likeness (QED) is 0.762. The van der Waals surface area contributed by atoms with Gasteiger partial charge in [-0.2, -0.15) is 18.4 Å². The van der Waals surface area contributed by atoms with Crippen molar-refractivity contribution in [3.05, 3.63) is 16.0 Å². The lowest BCUT2D eigenvalue weighted by Gasteiger charge is -2.36. The summed E-state index contributed by atoms with van der Waals surface area (Å²) >= 11 is 1.44. The fourth-order valence-corrected chi connectivity index (χ4v) is 5.20. The number of alkyl halides is 3. The third-order valence-electron chi connectivity index (χ3n) is 5.61. The Balaban J connectivity index is 1.71. The Bertz CT molecular complexity index is 738. The molecule has 4 nitrogen and oxygen atoms in total. The van der Waals surface area contributed by atoms with Crippen LogP contribution in [0.2, 0.25) is 0 Å². The van der Waals surface area contributed by atoms with E-state index in [0.717, 1.165) is 42.5 Å². The second-order valence-electron chi connectivity index (χ2n) is 7.42. The monoisotopic (exact) mass is 399 g/mol. The summed E-state index contributed by atoms with van der Waals surface area (Å²) < 4.78 is 39.1. The highest BCUT2D eigenvalue weighted by molar-refractivity contribution is 7.16. The Kier molecular flexibility index (Phi) is 6.11. The van der Waals surface area contributed by atoms with Crippen LogP contribution in [-0.4, -0.2) is 36.1 Å². The van der Waals surface area contributed by atoms with E-state index in [0.29, 0.717) is 23.5 Å². The number of thiophene rings is 1. The summed E-state index contributed by atoms with van der Waals surface area (Å²) in [6, 6.07) is 1.55. The minimum atomic E-state index is -4.23. The van der Waals surface area contributed by atoms with Crippen LogP contribution in [0.4, 0.5) is 18.2 Å². The molecular weight excluding hydrogens is 375 g/mol. The summed E-state index contributed by atoms with van der Waals surface area (Å²) in [6.07, 6.45) is 1.33. The molecule has 1 fully saturated rings. The molecule has 1 aliphatic carbocycles. The van der Waals surface area contributed by atoms with Crippen molar-refractivity contribution in [3.63, 3.8) is 0 Å². The summed E-state index contributed by atoms with van der Waals surface area (Å²) in [7, 11) is 0. The van der Waals surface area contributed by atoms with Gasteiger partial charge in [0.25, 0.3) is 0 Å². The Morgan fingerprint density at radius 1 is 1.30 bits per heavy atom. The van der Waals surface area contributed by atoms with Gasteiger partial charge in [-0.15, -0.1) is 11.3 Å². The number of amides is 1. The van der Waals surface area contributed by atoms with Crippen molar-refractivity contribution < 1.29 is 18.0 Å². The molecule has 2 aliphatic rings. The number of halogens is 3. The Morgan fingerprint density at radius 2 is 2.04 bits per heavy atom. The van der Waals surface area contributed by atoms with E-state index in [1.165, 1.54) is 11.3 Å². The van der Waals surface area contributed by atoms with Gasteiger partial charge >= 0.3 is 6.18 Å². The summed E-state index contributed by atoms with van der Waals surface area (Å²) in [5, 5.41) is 12.9. The van der Waals surface area contributed by atoms with Gasteiger partial charge in [-0.05, 0) is 57.6 Å².